The van der Waals surface area contributed by atoms with Gasteiger partial charge in [-0.15, -0.1) is 0 Å². The summed E-state index contributed by atoms with van der Waals surface area (Å²) in [5.74, 6) is 0.343. The van der Waals surface area contributed by atoms with Gasteiger partial charge in [-0.25, -0.2) is 0 Å². The Balaban J connectivity index is 0.000000255. The fraction of sp³-hybridized carbons (Fsp3) is 0.364. The topological polar surface area (TPSA) is 47.0 Å². The molecule has 14 heavy (non-hydrogen) atoms. The number of carbonyl (C=O) groups excluding carboxylic acids is 2. The molecule has 0 aliphatic carbocycles. The van der Waals surface area contributed by atoms with E-state index in [0.717, 1.165) is 6.29 Å². The Morgan fingerprint density at radius 2 is 1.79 bits per heavy atom. The predicted molar refractivity (Wildman–Crippen MR) is 55.2 cm³/mol. The maximum atomic E-state index is 10.2. The molecule has 0 spiro atoms. The molecule has 76 valence electrons. The van der Waals surface area contributed by atoms with Crippen molar-refractivity contribution < 1.29 is 9.59 Å². The second kappa shape index (κ2) is 8.10. The summed E-state index contributed by atoms with van der Waals surface area (Å²) in [6.45, 7) is 3.76. The molecule has 1 aromatic rings. The highest BCUT2D eigenvalue weighted by Gasteiger charge is 1.86. The molecule has 0 aliphatic heterocycles. The quantitative estimate of drug-likeness (QED) is 0.692. The van der Waals surface area contributed by atoms with Crippen molar-refractivity contribution in [2.45, 2.75) is 26.7 Å². The fourth-order valence-electron chi connectivity index (χ4n) is 0.692. The smallest absolute Gasteiger partial charge is 0.150 e. The molecule has 1 rings (SSSR count). The molecular formula is C11H15NO2. The van der Waals surface area contributed by atoms with E-state index in [1.807, 2.05) is 13.8 Å². The highest BCUT2D eigenvalue weighted by atomic mass is 16.1. The number of nitrogens with zero attached hydrogens (tertiary/aromatic N) is 1. The Bertz CT molecular complexity index is 264. The monoisotopic (exact) mass is 193 g/mol. The molecule has 3 nitrogen and oxygen atoms in total. The van der Waals surface area contributed by atoms with Crippen LogP contribution < -0.4 is 0 Å². The maximum Gasteiger partial charge on any atom is 0.150 e. The molecule has 0 unspecified atom stereocenters. The van der Waals surface area contributed by atoms with Gasteiger partial charge in [0, 0.05) is 30.8 Å². The van der Waals surface area contributed by atoms with E-state index >= 15 is 0 Å². The SMILES string of the molecule is CCC(=O)CC.O=Cc1ccncc1. The molecular weight excluding hydrogens is 178 g/mol. The van der Waals surface area contributed by atoms with Gasteiger partial charge in [0.1, 0.15) is 12.1 Å². The third-order valence-corrected chi connectivity index (χ3v) is 1.63. The summed E-state index contributed by atoms with van der Waals surface area (Å²) < 4.78 is 0. The lowest BCUT2D eigenvalue weighted by Gasteiger charge is -1.81. The van der Waals surface area contributed by atoms with E-state index in [-0.39, 0.29) is 0 Å². The van der Waals surface area contributed by atoms with Crippen LogP contribution in [0.3, 0.4) is 0 Å². The van der Waals surface area contributed by atoms with Gasteiger partial charge in [0.2, 0.25) is 0 Å². The summed E-state index contributed by atoms with van der Waals surface area (Å²) in [5, 5.41) is 0. The number of hydrogen-bond acceptors (Lipinski definition) is 3. The molecule has 0 saturated heterocycles. The van der Waals surface area contributed by atoms with Crippen molar-refractivity contribution >= 4 is 12.1 Å². The zero-order valence-electron chi connectivity index (χ0n) is 8.56. The van der Waals surface area contributed by atoms with Gasteiger partial charge < -0.3 is 0 Å². The first kappa shape index (κ1) is 12.5. The predicted octanol–water partition coefficient (Wildman–Crippen LogP) is 2.27. The van der Waals surface area contributed by atoms with E-state index in [4.69, 9.17) is 0 Å². The molecule has 0 saturated carbocycles. The molecule has 0 fully saturated rings. The second-order valence-corrected chi connectivity index (χ2v) is 2.64. The van der Waals surface area contributed by atoms with E-state index in [1.54, 1.807) is 24.5 Å². The van der Waals surface area contributed by atoms with Crippen LogP contribution in [0.25, 0.3) is 0 Å². The third kappa shape index (κ3) is 6.06. The summed E-state index contributed by atoms with van der Waals surface area (Å²) in [6.07, 6.45) is 5.35. The lowest BCUT2D eigenvalue weighted by molar-refractivity contribution is -0.118. The minimum absolute atomic E-state index is 0.343. The van der Waals surface area contributed by atoms with Gasteiger partial charge in [0.05, 0.1) is 0 Å². The van der Waals surface area contributed by atoms with Crippen molar-refractivity contribution in [2.24, 2.45) is 0 Å². The summed E-state index contributed by atoms with van der Waals surface area (Å²) >= 11 is 0. The van der Waals surface area contributed by atoms with Crippen LogP contribution in [0.5, 0.6) is 0 Å². The van der Waals surface area contributed by atoms with Crippen molar-refractivity contribution in [2.75, 3.05) is 0 Å². The first-order valence-corrected chi connectivity index (χ1v) is 4.61. The molecule has 0 aromatic carbocycles. The lowest BCUT2D eigenvalue weighted by atomic mass is 10.3. The Labute approximate surface area is 84.2 Å². The molecule has 0 bridgehead atoms. The van der Waals surface area contributed by atoms with E-state index < -0.39 is 0 Å². The Morgan fingerprint density at radius 3 is 2.00 bits per heavy atom. The number of pyridine rings is 1. The molecule has 0 N–H and O–H groups in total. The van der Waals surface area contributed by atoms with Gasteiger partial charge in [-0.1, -0.05) is 13.8 Å². The lowest BCUT2D eigenvalue weighted by Crippen LogP contribution is -1.88. The van der Waals surface area contributed by atoms with Gasteiger partial charge in [0.15, 0.2) is 0 Å². The van der Waals surface area contributed by atoms with Crippen molar-refractivity contribution in [3.63, 3.8) is 0 Å². The summed E-state index contributed by atoms with van der Waals surface area (Å²) in [4.78, 5) is 23.9. The standard InChI is InChI=1S/C6H5NO.C5H10O/c8-5-6-1-3-7-4-2-6;1-3-5(6)4-2/h1-5H;3-4H2,1-2H3. The van der Waals surface area contributed by atoms with Crippen LogP contribution in [0, 0.1) is 0 Å². The fourth-order valence-corrected chi connectivity index (χ4v) is 0.692. The van der Waals surface area contributed by atoms with Crippen molar-refractivity contribution in [1.29, 1.82) is 0 Å². The van der Waals surface area contributed by atoms with Crippen molar-refractivity contribution in [1.82, 2.24) is 4.98 Å². The number of carbonyl (C=O) groups is 2. The van der Waals surface area contributed by atoms with Crippen LogP contribution >= 0.6 is 0 Å². The minimum Gasteiger partial charge on any atom is -0.300 e. The highest BCUT2D eigenvalue weighted by Crippen LogP contribution is 1.88. The average molecular weight is 193 g/mol. The van der Waals surface area contributed by atoms with Crippen LogP contribution in [-0.2, 0) is 4.79 Å². The summed E-state index contributed by atoms with van der Waals surface area (Å²) in [7, 11) is 0. The van der Waals surface area contributed by atoms with Crippen LogP contribution in [0.2, 0.25) is 0 Å². The number of hydrogen-bond donors (Lipinski definition) is 0. The Morgan fingerprint density at radius 1 is 1.29 bits per heavy atom. The number of rotatable bonds is 3. The summed E-state index contributed by atoms with van der Waals surface area (Å²) in [6, 6.07) is 3.32. The number of aldehydes is 1. The van der Waals surface area contributed by atoms with Gasteiger partial charge >= 0.3 is 0 Å². The molecule has 0 amide bonds. The minimum atomic E-state index is 0.343. The van der Waals surface area contributed by atoms with Gasteiger partial charge in [-0.3, -0.25) is 14.6 Å². The van der Waals surface area contributed by atoms with Crippen LogP contribution in [-0.4, -0.2) is 17.1 Å². The number of aromatic nitrogens is 1. The maximum absolute atomic E-state index is 10.2. The Hall–Kier alpha value is -1.51. The van der Waals surface area contributed by atoms with E-state index in [1.165, 1.54) is 0 Å². The molecule has 0 radical (unpaired) electrons. The van der Waals surface area contributed by atoms with Crippen molar-refractivity contribution in [3.8, 4) is 0 Å². The van der Waals surface area contributed by atoms with Gasteiger partial charge in [-0.2, -0.15) is 0 Å². The molecule has 0 atom stereocenters. The van der Waals surface area contributed by atoms with Crippen LogP contribution in [0.4, 0.5) is 0 Å². The molecule has 3 heteroatoms. The van der Waals surface area contributed by atoms with Crippen LogP contribution in [0.15, 0.2) is 24.5 Å². The van der Waals surface area contributed by atoms with Gasteiger partial charge in [0.25, 0.3) is 0 Å². The normalized spacial score (nSPS) is 8.43. The van der Waals surface area contributed by atoms with Crippen LogP contribution in [0.1, 0.15) is 37.0 Å². The Kier molecular flexibility index (Phi) is 7.23. The third-order valence-electron chi connectivity index (χ3n) is 1.63. The molecule has 0 aliphatic rings. The average Bonchev–Trinajstić information content (AvgIpc) is 2.30. The first-order chi connectivity index (χ1) is 6.74. The zero-order valence-corrected chi connectivity index (χ0v) is 8.56. The largest absolute Gasteiger partial charge is 0.300 e. The van der Waals surface area contributed by atoms with E-state index in [2.05, 4.69) is 4.98 Å². The zero-order chi connectivity index (χ0) is 10.8. The van der Waals surface area contributed by atoms with E-state index in [9.17, 15) is 9.59 Å². The highest BCUT2D eigenvalue weighted by molar-refractivity contribution is 5.77. The van der Waals surface area contributed by atoms with E-state index in [0.29, 0.717) is 24.2 Å². The summed E-state index contributed by atoms with van der Waals surface area (Å²) in [5.41, 5.74) is 0.667. The second-order valence-electron chi connectivity index (χ2n) is 2.64. The number of ketones is 1. The molecule has 1 aromatic heterocycles. The van der Waals surface area contributed by atoms with Crippen molar-refractivity contribution in [3.05, 3.63) is 30.1 Å². The number of Topliss-reactive ketones (excluding diaryl/α,β-unsaturated/α-hetero) is 1. The first-order valence-electron chi connectivity index (χ1n) is 4.61. The van der Waals surface area contributed by atoms with Gasteiger partial charge in [-0.05, 0) is 12.1 Å². The molecule has 1 heterocycles.